The number of para-hydroxylation sites is 8. The van der Waals surface area contributed by atoms with E-state index in [1.54, 1.807) is 48.5 Å². The number of hydrogen-bond acceptors (Lipinski definition) is 16. The molecule has 6 aromatic carbocycles. The highest BCUT2D eigenvalue weighted by molar-refractivity contribution is 7.89. The first-order chi connectivity index (χ1) is 37.8. The second kappa shape index (κ2) is 24.0. The molecule has 5 N–H and O–H groups in total. The van der Waals surface area contributed by atoms with Gasteiger partial charge in [0.15, 0.2) is 23.0 Å². The summed E-state index contributed by atoms with van der Waals surface area (Å²) >= 11 is 0. The zero-order valence-corrected chi connectivity index (χ0v) is 44.1. The van der Waals surface area contributed by atoms with Gasteiger partial charge in [-0.25, -0.2) is 26.3 Å². The number of alkyl halides is 6. The summed E-state index contributed by atoms with van der Waals surface area (Å²) < 4.78 is 156. The van der Waals surface area contributed by atoms with Gasteiger partial charge in [-0.15, -0.1) is 26.3 Å². The Morgan fingerprint density at radius 2 is 0.900 bits per heavy atom. The monoisotopic (exact) mass is 1160 g/mol. The van der Waals surface area contributed by atoms with Crippen LogP contribution in [0.3, 0.4) is 0 Å². The number of benzene rings is 6. The molecule has 2 fully saturated rings. The summed E-state index contributed by atoms with van der Waals surface area (Å²) in [7, 11) is -7.11. The van der Waals surface area contributed by atoms with Crippen molar-refractivity contribution in [2.75, 3.05) is 43.1 Å². The number of nitrogens with zero attached hydrogens (tertiary/aromatic N) is 3. The molecule has 4 aliphatic heterocycles. The van der Waals surface area contributed by atoms with Gasteiger partial charge in [-0.3, -0.25) is 9.59 Å². The number of carbonyl (C=O) groups excluding carboxylic acids is 2. The molecule has 2 saturated heterocycles. The van der Waals surface area contributed by atoms with Crippen LogP contribution in [0, 0.1) is 0 Å². The lowest BCUT2D eigenvalue weighted by molar-refractivity contribution is -0.275. The number of methoxy groups -OCH3 is 1. The van der Waals surface area contributed by atoms with Crippen molar-refractivity contribution in [2.45, 2.75) is 72.7 Å². The summed E-state index contributed by atoms with van der Waals surface area (Å²) in [4.78, 5) is 26.7. The topological polar surface area (TPSA) is 235 Å². The smallest absolute Gasteiger partial charge is 0.469 e. The van der Waals surface area contributed by atoms with E-state index in [1.807, 2.05) is 58.3 Å². The van der Waals surface area contributed by atoms with Crippen LogP contribution in [0.25, 0.3) is 0 Å². The first-order valence-corrected chi connectivity index (χ1v) is 27.2. The normalized spacial score (nSPS) is 20.5. The Balaban J connectivity index is 0.000000194. The highest BCUT2D eigenvalue weighted by Gasteiger charge is 2.45. The summed E-state index contributed by atoms with van der Waals surface area (Å²) in [6.45, 7) is 3.21. The van der Waals surface area contributed by atoms with Crippen LogP contribution < -0.4 is 43.5 Å². The molecule has 426 valence electrons. The maximum Gasteiger partial charge on any atom is 0.573 e. The summed E-state index contributed by atoms with van der Waals surface area (Å²) in [5, 5.41) is 26.0. The number of sulfonamides is 2. The maximum absolute atomic E-state index is 13.2. The Morgan fingerprint density at radius 1 is 0.550 bits per heavy atom. The van der Waals surface area contributed by atoms with Crippen LogP contribution >= 0.6 is 0 Å². The number of hydrogen-bond donors (Lipinski definition) is 5. The highest BCUT2D eigenvalue weighted by atomic mass is 32.2. The largest absolute Gasteiger partial charge is 0.573 e. The molecule has 0 spiro atoms. The van der Waals surface area contributed by atoms with Crippen molar-refractivity contribution in [3.8, 4) is 34.5 Å². The van der Waals surface area contributed by atoms with Gasteiger partial charge in [0.1, 0.15) is 11.5 Å². The third-order valence-corrected chi connectivity index (χ3v) is 15.9. The molecule has 0 aromatic heterocycles. The van der Waals surface area contributed by atoms with Crippen molar-refractivity contribution in [1.82, 2.24) is 19.7 Å². The fourth-order valence-electron chi connectivity index (χ4n) is 9.23. The lowest BCUT2D eigenvalue weighted by atomic mass is 9.94. The molecule has 4 heterocycles. The molecule has 6 aromatic rings. The zero-order chi connectivity index (χ0) is 57.7. The number of likely N-dealkylation sites (tertiary alicyclic amines) is 1. The van der Waals surface area contributed by atoms with E-state index in [0.717, 1.165) is 59.9 Å². The lowest BCUT2D eigenvalue weighted by Gasteiger charge is -2.47. The number of rotatable bonds is 10. The fourth-order valence-corrected chi connectivity index (χ4v) is 11.7. The third kappa shape index (κ3) is 13.8. The van der Waals surface area contributed by atoms with E-state index in [2.05, 4.69) is 29.0 Å². The molecule has 19 nitrogen and oxygen atoms in total. The molecule has 0 saturated carbocycles. The maximum atomic E-state index is 13.2. The standard InChI is InChI=1S/C26H24F3N3O6S.C24H22F3N3O5S.C3H6O2/c1-16(33)31-14-19(30-39(35,36)18-12-10-17(11-13-18)38-26(27,28)29)25(34)22(15-31)32-20-6-2-4-8-23(20)37-24-9-5-3-7-21(24)32;25-24(26,27)35-15-9-11-16(12-10-15)36(32,33)29-17-13-28-14-20(23(17)31)30-18-5-1-3-7-21(18)34-22-8-4-2-6-19(22)30;1-3(4)5-2/h2-13,19,22,25,30,34H,14-15H2,1H3;1-12,17,20,23,28-29,31H,13-14H2;1-2H3/t19-,22+,25+;17-,20+,23+;/m11./s1. The van der Waals surface area contributed by atoms with E-state index in [-0.39, 0.29) is 41.3 Å². The van der Waals surface area contributed by atoms with Crippen LogP contribution in [0.2, 0.25) is 0 Å². The number of aliphatic hydroxyl groups excluding tert-OH is 2. The predicted octanol–water partition coefficient (Wildman–Crippen LogP) is 7.46. The second-order valence-corrected chi connectivity index (χ2v) is 21.6. The molecule has 0 unspecified atom stereocenters. The molecule has 0 bridgehead atoms. The predicted molar refractivity (Wildman–Crippen MR) is 277 cm³/mol. The highest BCUT2D eigenvalue weighted by Crippen LogP contribution is 2.50. The van der Waals surface area contributed by atoms with Crippen molar-refractivity contribution >= 4 is 54.7 Å². The van der Waals surface area contributed by atoms with Gasteiger partial charge in [0.25, 0.3) is 0 Å². The minimum Gasteiger partial charge on any atom is -0.469 e. The van der Waals surface area contributed by atoms with Crippen molar-refractivity contribution in [2.24, 2.45) is 0 Å². The lowest BCUT2D eigenvalue weighted by Crippen LogP contribution is -2.65. The molecular weight excluding hydrogens is 1110 g/mol. The Labute approximate surface area is 455 Å². The van der Waals surface area contributed by atoms with Gasteiger partial charge >= 0.3 is 18.7 Å². The molecule has 0 radical (unpaired) electrons. The van der Waals surface area contributed by atoms with Gasteiger partial charge in [0.05, 0.1) is 76.0 Å². The number of halogens is 6. The minimum absolute atomic E-state index is 0.0981. The zero-order valence-electron chi connectivity index (χ0n) is 42.5. The molecular formula is C53H52F6N6O13S2. The SMILES string of the molecule is CC(=O)N1C[C@@H](NS(=O)(=O)c2ccc(OC(F)(F)F)cc2)[C@H](O)[C@@H](N2c3ccccc3Oc3ccccc32)C1.COC(C)=O.O=S(=O)(N[C@@H]1CNC[C@H](N2c3ccccc3Oc3ccccc32)[C@H]1O)c1ccc(OC(F)(F)F)cc1. The van der Waals surface area contributed by atoms with Crippen LogP contribution in [-0.2, 0) is 34.4 Å². The molecule has 6 atom stereocenters. The summed E-state index contributed by atoms with van der Waals surface area (Å²) in [6, 6.07) is 33.2. The van der Waals surface area contributed by atoms with Gasteiger partial charge in [-0.2, -0.15) is 0 Å². The number of nitrogens with one attached hydrogen (secondary N) is 3. The number of aliphatic hydroxyl groups is 2. The van der Waals surface area contributed by atoms with Crippen LogP contribution in [0.15, 0.2) is 155 Å². The quantitative estimate of drug-likeness (QED) is 0.0662. The minimum atomic E-state index is -4.92. The van der Waals surface area contributed by atoms with Gasteiger partial charge in [0, 0.05) is 40.0 Å². The van der Waals surface area contributed by atoms with Crippen molar-refractivity contribution in [3.05, 3.63) is 146 Å². The van der Waals surface area contributed by atoms with E-state index in [1.165, 1.54) is 25.9 Å². The summed E-state index contributed by atoms with van der Waals surface area (Å²) in [6.07, 6.45) is -12.2. The third-order valence-electron chi connectivity index (χ3n) is 12.8. The molecule has 80 heavy (non-hydrogen) atoms. The van der Waals surface area contributed by atoms with E-state index < -0.39 is 80.6 Å². The van der Waals surface area contributed by atoms with Crippen LogP contribution in [0.5, 0.6) is 34.5 Å². The summed E-state index contributed by atoms with van der Waals surface area (Å²) in [5.74, 6) is 0.588. The van der Waals surface area contributed by atoms with E-state index in [0.29, 0.717) is 40.9 Å². The van der Waals surface area contributed by atoms with Crippen molar-refractivity contribution in [3.63, 3.8) is 0 Å². The first kappa shape index (κ1) is 58.5. The second-order valence-electron chi connectivity index (χ2n) is 18.2. The molecule has 1 amide bonds. The Kier molecular flexibility index (Phi) is 17.5. The number of esters is 1. The number of amides is 1. The Bertz CT molecular complexity index is 3310. The number of ether oxygens (including phenoxy) is 5. The average Bonchev–Trinajstić information content (AvgIpc) is 3.44. The Hall–Kier alpha value is -7.66. The van der Waals surface area contributed by atoms with Crippen molar-refractivity contribution < 1.29 is 86.7 Å². The van der Waals surface area contributed by atoms with Crippen molar-refractivity contribution in [1.29, 1.82) is 0 Å². The first-order valence-electron chi connectivity index (χ1n) is 24.3. The van der Waals surface area contributed by atoms with E-state index in [4.69, 9.17) is 9.47 Å². The number of piperidine rings is 2. The number of fused-ring (bicyclic) bond motifs is 4. The number of carbonyl (C=O) groups is 2. The van der Waals surface area contributed by atoms with Crippen LogP contribution in [-0.4, -0.2) is 126 Å². The van der Waals surface area contributed by atoms with Gasteiger partial charge < -0.3 is 53.9 Å². The van der Waals surface area contributed by atoms with Gasteiger partial charge in [-0.05, 0) is 97.1 Å². The average molecular weight is 1160 g/mol. The Morgan fingerprint density at radius 3 is 1.26 bits per heavy atom. The molecule has 0 aliphatic carbocycles. The van der Waals surface area contributed by atoms with Gasteiger partial charge in [-0.1, -0.05) is 48.5 Å². The van der Waals surface area contributed by atoms with Crippen LogP contribution in [0.4, 0.5) is 49.1 Å². The van der Waals surface area contributed by atoms with E-state index in [9.17, 15) is 63.0 Å². The molecule has 10 rings (SSSR count). The summed E-state index contributed by atoms with van der Waals surface area (Å²) in [5.41, 5.74) is 2.72. The van der Waals surface area contributed by atoms with E-state index >= 15 is 0 Å². The van der Waals surface area contributed by atoms with Gasteiger partial charge in [0.2, 0.25) is 26.0 Å². The van der Waals surface area contributed by atoms with Crippen LogP contribution in [0.1, 0.15) is 13.8 Å². The number of anilines is 4. The molecule has 4 aliphatic rings. The fraction of sp³-hybridized carbons (Fsp3) is 0.283. The molecule has 27 heteroatoms.